The maximum atomic E-state index is 13.3. The normalized spacial score (nSPS) is 20.7. The molecule has 0 N–H and O–H groups in total. The molecule has 0 aromatic rings. The number of rotatable bonds is 5. The van der Waals surface area contributed by atoms with E-state index in [-0.39, 0.29) is 0 Å². The molecule has 1 rings (SSSR count). The van der Waals surface area contributed by atoms with Crippen LogP contribution in [0.15, 0.2) is 0 Å². The molecule has 0 amide bonds. The zero-order valence-corrected chi connectivity index (χ0v) is 9.29. The van der Waals surface area contributed by atoms with Crippen molar-refractivity contribution in [2.45, 2.75) is 38.2 Å². The molecule has 0 atom stereocenters. The second kappa shape index (κ2) is 4.52. The second-order valence-corrected chi connectivity index (χ2v) is 4.42. The van der Waals surface area contributed by atoms with Crippen LogP contribution in [0.5, 0.6) is 0 Å². The van der Waals surface area contributed by atoms with E-state index in [9.17, 15) is 30.7 Å². The van der Waals surface area contributed by atoms with E-state index in [1.54, 1.807) is 0 Å². The molecule has 0 bridgehead atoms. The largest absolute Gasteiger partial charge is 0.389 e. The number of alkyl halides is 7. The lowest BCUT2D eigenvalue weighted by molar-refractivity contribution is -0.435. The molecule has 1 aliphatic rings. The van der Waals surface area contributed by atoms with Crippen LogP contribution in [0.1, 0.15) is 19.8 Å². The van der Waals surface area contributed by atoms with Crippen LogP contribution in [0, 0.1) is 5.41 Å². The van der Waals surface area contributed by atoms with Gasteiger partial charge in [-0.2, -0.15) is 30.7 Å². The van der Waals surface area contributed by atoms with Gasteiger partial charge in [0.25, 0.3) is 0 Å². The number of hydrogen-bond donors (Lipinski definition) is 0. The van der Waals surface area contributed by atoms with Crippen LogP contribution < -0.4 is 0 Å². The van der Waals surface area contributed by atoms with Gasteiger partial charge in [-0.25, -0.2) is 0 Å². The Labute approximate surface area is 98.0 Å². The zero-order valence-electron chi connectivity index (χ0n) is 9.29. The summed E-state index contributed by atoms with van der Waals surface area (Å²) in [5, 5.41) is 0. The Bertz CT molecular complexity index is 296. The first-order chi connectivity index (χ1) is 7.87. The van der Waals surface area contributed by atoms with E-state index in [1.807, 2.05) is 0 Å². The van der Waals surface area contributed by atoms with Crippen molar-refractivity contribution in [3.8, 4) is 0 Å². The quantitative estimate of drug-likeness (QED) is 0.719. The maximum absolute atomic E-state index is 13.3. The molecular weight excluding hydrogens is 273 g/mol. The summed E-state index contributed by atoms with van der Waals surface area (Å²) in [6, 6.07) is 0. The minimum absolute atomic E-state index is 0.491. The predicted molar refractivity (Wildman–Crippen MR) is 45.2 cm³/mol. The standard InChI is InChI=1S/C9H11F7O2/c1-6(4-17-5-6)9(15,16)18-8(13,14)3-2-7(10,11)12/h2-5H2,1H3. The number of hydrogen-bond acceptors (Lipinski definition) is 2. The van der Waals surface area contributed by atoms with Crippen molar-refractivity contribution in [3.05, 3.63) is 0 Å². The molecule has 1 aliphatic heterocycles. The van der Waals surface area contributed by atoms with E-state index in [2.05, 4.69) is 9.47 Å². The minimum Gasteiger partial charge on any atom is -0.379 e. The van der Waals surface area contributed by atoms with Gasteiger partial charge in [0, 0.05) is 6.42 Å². The first kappa shape index (κ1) is 15.5. The Morgan fingerprint density at radius 1 is 1.00 bits per heavy atom. The number of ether oxygens (including phenoxy) is 2. The first-order valence-corrected chi connectivity index (χ1v) is 4.97. The maximum Gasteiger partial charge on any atom is 0.389 e. The Balaban J connectivity index is 2.58. The van der Waals surface area contributed by atoms with Crippen LogP contribution in [0.3, 0.4) is 0 Å². The Kier molecular flexibility index (Phi) is 3.89. The predicted octanol–water partition coefficient (Wildman–Crippen LogP) is 3.57. The van der Waals surface area contributed by atoms with E-state index in [4.69, 9.17) is 0 Å². The summed E-state index contributed by atoms with van der Waals surface area (Å²) in [5.41, 5.74) is -1.94. The summed E-state index contributed by atoms with van der Waals surface area (Å²) < 4.78 is 95.4. The van der Waals surface area contributed by atoms with E-state index in [0.29, 0.717) is 0 Å². The van der Waals surface area contributed by atoms with Crippen LogP contribution in [0.2, 0.25) is 0 Å². The Hall–Kier alpha value is -0.570. The minimum atomic E-state index is -4.86. The lowest BCUT2D eigenvalue weighted by atomic mass is 9.87. The third-order valence-corrected chi connectivity index (χ3v) is 2.52. The molecule has 2 nitrogen and oxygen atoms in total. The van der Waals surface area contributed by atoms with Crippen molar-refractivity contribution in [2.24, 2.45) is 5.41 Å². The average Bonchev–Trinajstić information content (AvgIpc) is 2.08. The van der Waals surface area contributed by atoms with E-state index < -0.39 is 49.9 Å². The van der Waals surface area contributed by atoms with Crippen molar-refractivity contribution in [1.29, 1.82) is 0 Å². The fraction of sp³-hybridized carbons (Fsp3) is 1.00. The van der Waals surface area contributed by atoms with Crippen LogP contribution in [0.4, 0.5) is 30.7 Å². The monoisotopic (exact) mass is 284 g/mol. The van der Waals surface area contributed by atoms with E-state index in [1.165, 1.54) is 0 Å². The lowest BCUT2D eigenvalue weighted by Gasteiger charge is -2.43. The first-order valence-electron chi connectivity index (χ1n) is 4.97. The summed E-state index contributed by atoms with van der Waals surface area (Å²) in [6.07, 6.45) is -17.4. The van der Waals surface area contributed by atoms with Crippen LogP contribution >= 0.6 is 0 Å². The molecule has 1 heterocycles. The highest BCUT2D eigenvalue weighted by atomic mass is 19.4. The second-order valence-electron chi connectivity index (χ2n) is 4.42. The highest BCUT2D eigenvalue weighted by molar-refractivity contribution is 4.89. The summed E-state index contributed by atoms with van der Waals surface area (Å²) in [5.74, 6) is 0. The lowest BCUT2D eigenvalue weighted by Crippen LogP contribution is -2.56. The highest BCUT2D eigenvalue weighted by Gasteiger charge is 2.60. The molecule has 0 saturated carbocycles. The third-order valence-electron chi connectivity index (χ3n) is 2.52. The average molecular weight is 284 g/mol. The molecule has 0 spiro atoms. The molecule has 108 valence electrons. The third kappa shape index (κ3) is 3.71. The van der Waals surface area contributed by atoms with Crippen LogP contribution in [-0.2, 0) is 9.47 Å². The van der Waals surface area contributed by atoms with Crippen molar-refractivity contribution >= 4 is 0 Å². The van der Waals surface area contributed by atoms with Crippen molar-refractivity contribution in [2.75, 3.05) is 13.2 Å². The topological polar surface area (TPSA) is 18.5 Å². The molecular formula is C9H11F7O2. The smallest absolute Gasteiger partial charge is 0.379 e. The SMILES string of the molecule is CC1(C(F)(F)OC(F)(F)CCC(F)(F)F)COC1. The molecule has 0 aliphatic carbocycles. The Morgan fingerprint density at radius 3 is 1.83 bits per heavy atom. The fourth-order valence-corrected chi connectivity index (χ4v) is 1.23. The summed E-state index contributed by atoms with van der Waals surface area (Å²) in [4.78, 5) is 0. The summed E-state index contributed by atoms with van der Waals surface area (Å²) in [7, 11) is 0. The van der Waals surface area contributed by atoms with Crippen LogP contribution in [0.25, 0.3) is 0 Å². The summed E-state index contributed by atoms with van der Waals surface area (Å²) >= 11 is 0. The van der Waals surface area contributed by atoms with E-state index >= 15 is 0 Å². The molecule has 0 aromatic heterocycles. The highest BCUT2D eigenvalue weighted by Crippen LogP contribution is 2.47. The molecule has 18 heavy (non-hydrogen) atoms. The van der Waals surface area contributed by atoms with Gasteiger partial charge in [-0.1, -0.05) is 0 Å². The van der Waals surface area contributed by atoms with Crippen molar-refractivity contribution in [1.82, 2.24) is 0 Å². The van der Waals surface area contributed by atoms with Crippen LogP contribution in [-0.4, -0.2) is 31.6 Å². The molecule has 0 radical (unpaired) electrons. The molecule has 0 unspecified atom stereocenters. The van der Waals surface area contributed by atoms with Gasteiger partial charge in [-0.3, -0.25) is 4.74 Å². The summed E-state index contributed by atoms with van der Waals surface area (Å²) in [6.45, 7) is -0.0267. The van der Waals surface area contributed by atoms with Crippen molar-refractivity contribution in [3.63, 3.8) is 0 Å². The Morgan fingerprint density at radius 2 is 1.50 bits per heavy atom. The fourth-order valence-electron chi connectivity index (χ4n) is 1.23. The van der Waals surface area contributed by atoms with Gasteiger partial charge in [-0.15, -0.1) is 0 Å². The molecule has 1 saturated heterocycles. The molecule has 9 heteroatoms. The number of halogens is 7. The molecule has 1 fully saturated rings. The molecule has 0 aromatic carbocycles. The van der Waals surface area contributed by atoms with Gasteiger partial charge >= 0.3 is 18.4 Å². The van der Waals surface area contributed by atoms with E-state index in [0.717, 1.165) is 6.92 Å². The van der Waals surface area contributed by atoms with Crippen molar-refractivity contribution < 1.29 is 40.2 Å². The van der Waals surface area contributed by atoms with Gasteiger partial charge in [0.1, 0.15) is 5.41 Å². The zero-order chi connectivity index (χ0) is 14.2. The van der Waals surface area contributed by atoms with Gasteiger partial charge in [0.05, 0.1) is 19.6 Å². The van der Waals surface area contributed by atoms with Gasteiger partial charge < -0.3 is 4.74 Å². The van der Waals surface area contributed by atoms with Gasteiger partial charge in [0.15, 0.2) is 0 Å². The van der Waals surface area contributed by atoms with Gasteiger partial charge in [0.2, 0.25) is 0 Å². The van der Waals surface area contributed by atoms with Gasteiger partial charge in [-0.05, 0) is 6.92 Å².